The highest BCUT2D eigenvalue weighted by molar-refractivity contribution is 6.20. The molecule has 0 saturated heterocycles. The Morgan fingerprint density at radius 1 is 0.433 bits per heavy atom. The van der Waals surface area contributed by atoms with E-state index >= 15 is 0 Å². The van der Waals surface area contributed by atoms with Crippen LogP contribution < -0.4 is 0 Å². The van der Waals surface area contributed by atoms with Gasteiger partial charge in [0.05, 0.1) is 16.6 Å². The zero-order chi connectivity index (χ0) is 44.4. The summed E-state index contributed by atoms with van der Waals surface area (Å²) in [5, 5.41) is 5.78. The second-order valence-electron chi connectivity index (χ2n) is 18.5. The molecule has 0 fully saturated rings. The zero-order valence-corrected chi connectivity index (χ0v) is 37.2. The van der Waals surface area contributed by atoms with Crippen molar-refractivity contribution in [3.8, 4) is 55.8 Å². The number of hydrogen-bond acceptors (Lipinski definition) is 2. The van der Waals surface area contributed by atoms with E-state index in [4.69, 9.17) is 9.40 Å². The first-order chi connectivity index (χ1) is 33.1. The molecule has 0 bridgehead atoms. The first kappa shape index (κ1) is 38.0. The Kier molecular flexibility index (Phi) is 8.13. The molecule has 12 aromatic rings. The third-order valence-corrected chi connectivity index (χ3v) is 15.1. The smallest absolute Gasteiger partial charge is 0.143 e. The Balaban J connectivity index is 1.07. The lowest BCUT2D eigenvalue weighted by atomic mass is 9.70. The molecular formula is C65H43NO. The van der Waals surface area contributed by atoms with Gasteiger partial charge in [-0.05, 0) is 109 Å². The summed E-state index contributed by atoms with van der Waals surface area (Å²) in [5.41, 5.74) is 23.4. The molecule has 0 amide bonds. The highest BCUT2D eigenvalue weighted by Crippen LogP contribution is 2.64. The van der Waals surface area contributed by atoms with E-state index in [9.17, 15) is 0 Å². The molecule has 2 heterocycles. The molecule has 0 radical (unpaired) electrons. The molecule has 1 spiro atoms. The summed E-state index contributed by atoms with van der Waals surface area (Å²) in [6.07, 6.45) is 0. The molecule has 0 unspecified atom stereocenters. The molecule has 2 heteroatoms. The summed E-state index contributed by atoms with van der Waals surface area (Å²) in [6.45, 7) is 4.56. The lowest BCUT2D eigenvalue weighted by molar-refractivity contribution is 0.670. The fourth-order valence-electron chi connectivity index (χ4n) is 12.2. The molecule has 0 saturated carbocycles. The van der Waals surface area contributed by atoms with Gasteiger partial charge in [-0.3, -0.25) is 0 Å². The van der Waals surface area contributed by atoms with Gasteiger partial charge in [0.1, 0.15) is 11.2 Å². The number of para-hydroxylation sites is 3. The molecule has 0 N–H and O–H groups in total. The summed E-state index contributed by atoms with van der Waals surface area (Å²) >= 11 is 0. The minimum atomic E-state index is -0.448. The van der Waals surface area contributed by atoms with Gasteiger partial charge in [0.2, 0.25) is 0 Å². The van der Waals surface area contributed by atoms with Gasteiger partial charge in [-0.2, -0.15) is 0 Å². The number of aromatic nitrogens is 1. The Morgan fingerprint density at radius 2 is 1.01 bits per heavy atom. The molecule has 1 atom stereocenters. The summed E-state index contributed by atoms with van der Waals surface area (Å²) in [5.74, 6) is 0.0505. The largest absolute Gasteiger partial charge is 0.455 e. The summed E-state index contributed by atoms with van der Waals surface area (Å²) in [6, 6.07) is 80.6. The van der Waals surface area contributed by atoms with E-state index in [2.05, 4.69) is 232 Å². The quantitative estimate of drug-likeness (QED) is 0.161. The van der Waals surface area contributed by atoms with Crippen LogP contribution in [0.5, 0.6) is 0 Å². The van der Waals surface area contributed by atoms with Crippen molar-refractivity contribution < 1.29 is 4.42 Å². The first-order valence-electron chi connectivity index (χ1n) is 23.4. The maximum atomic E-state index is 6.75. The van der Waals surface area contributed by atoms with Crippen molar-refractivity contribution in [3.63, 3.8) is 0 Å². The van der Waals surface area contributed by atoms with Crippen LogP contribution in [0, 0.1) is 6.92 Å². The summed E-state index contributed by atoms with van der Waals surface area (Å²) in [7, 11) is 0. The van der Waals surface area contributed by atoms with E-state index in [1.165, 1.54) is 77.7 Å². The summed E-state index contributed by atoms with van der Waals surface area (Å²) in [4.78, 5) is 5.67. The third kappa shape index (κ3) is 5.30. The number of furan rings is 1. The lowest BCUT2D eigenvalue weighted by Gasteiger charge is -2.30. The SMILES string of the molecule is Cc1ccccc1-c1ccccc1[C@@H](C)c1cc(-c2nc3ccccc3c3c4c(ccc23)C2(c3ccccc3-c3ccccc32)c2ccccc2-4)cc(-c2cccc3c2oc2ccccc23)c1. The van der Waals surface area contributed by atoms with E-state index in [0.29, 0.717) is 0 Å². The van der Waals surface area contributed by atoms with E-state index in [1.807, 2.05) is 0 Å². The van der Waals surface area contributed by atoms with Crippen LogP contribution in [0.25, 0.3) is 99.4 Å². The average molecular weight is 854 g/mol. The maximum Gasteiger partial charge on any atom is 0.143 e. The Hall–Kier alpha value is -8.33. The lowest BCUT2D eigenvalue weighted by Crippen LogP contribution is -2.25. The highest BCUT2D eigenvalue weighted by atomic mass is 16.3. The normalized spacial score (nSPS) is 13.6. The standard InChI is InChI=1S/C65H43NO/c1-39-18-3-4-19-44(39)47-21-6-5-20-45(47)40(2)41-36-42(46-27-17-28-51-50-24-11-16-33-60(50)67-64(46)51)38-43(37-41)63-54-34-35-58-62(61(54)53-26-10-15-32-59(53)66-63)52-25-9-14-31-57(52)65(58)55-29-12-7-22-48(55)49-23-8-13-30-56(49)65/h3-38,40H,1-2H3/t40-/m0/s1. The van der Waals surface area contributed by atoms with Crippen molar-refractivity contribution >= 4 is 43.6 Å². The van der Waals surface area contributed by atoms with Crippen LogP contribution in [0.4, 0.5) is 0 Å². The summed E-state index contributed by atoms with van der Waals surface area (Å²) < 4.78 is 6.75. The Morgan fingerprint density at radius 3 is 1.79 bits per heavy atom. The maximum absolute atomic E-state index is 6.75. The van der Waals surface area contributed by atoms with Crippen LogP contribution in [0.2, 0.25) is 0 Å². The van der Waals surface area contributed by atoms with Gasteiger partial charge >= 0.3 is 0 Å². The van der Waals surface area contributed by atoms with Crippen molar-refractivity contribution in [3.05, 3.63) is 257 Å². The van der Waals surface area contributed by atoms with Crippen molar-refractivity contribution in [2.24, 2.45) is 0 Å². The molecular weight excluding hydrogens is 811 g/mol. The van der Waals surface area contributed by atoms with Crippen LogP contribution in [-0.2, 0) is 5.41 Å². The van der Waals surface area contributed by atoms with Gasteiger partial charge in [-0.15, -0.1) is 0 Å². The van der Waals surface area contributed by atoms with Gasteiger partial charge < -0.3 is 4.42 Å². The first-order valence-corrected chi connectivity index (χ1v) is 23.4. The minimum absolute atomic E-state index is 0.0505. The Bertz CT molecular complexity index is 3990. The second kappa shape index (κ2) is 14.3. The number of benzene rings is 10. The number of rotatable bonds is 5. The molecule has 2 nitrogen and oxygen atoms in total. The van der Waals surface area contributed by atoms with Gasteiger partial charge in [0.25, 0.3) is 0 Å². The van der Waals surface area contributed by atoms with E-state index < -0.39 is 5.41 Å². The number of nitrogens with zero attached hydrogens (tertiary/aromatic N) is 1. The second-order valence-corrected chi connectivity index (χ2v) is 18.5. The number of pyridine rings is 1. The molecule has 2 aliphatic carbocycles. The van der Waals surface area contributed by atoms with E-state index in [-0.39, 0.29) is 5.92 Å². The predicted molar refractivity (Wildman–Crippen MR) is 278 cm³/mol. The van der Waals surface area contributed by atoms with Crippen LogP contribution in [0.1, 0.15) is 51.8 Å². The van der Waals surface area contributed by atoms with Crippen LogP contribution in [-0.4, -0.2) is 4.98 Å². The fraction of sp³-hybridized carbons (Fsp3) is 0.0615. The van der Waals surface area contributed by atoms with Gasteiger partial charge in [-0.25, -0.2) is 4.98 Å². The van der Waals surface area contributed by atoms with Gasteiger partial charge in [0.15, 0.2) is 0 Å². The van der Waals surface area contributed by atoms with Crippen molar-refractivity contribution in [2.45, 2.75) is 25.2 Å². The fourth-order valence-corrected chi connectivity index (χ4v) is 12.2. The van der Waals surface area contributed by atoms with Crippen LogP contribution in [0.15, 0.2) is 223 Å². The minimum Gasteiger partial charge on any atom is -0.455 e. The number of hydrogen-bond donors (Lipinski definition) is 0. The topological polar surface area (TPSA) is 26.0 Å². The predicted octanol–water partition coefficient (Wildman–Crippen LogP) is 17.1. The molecule has 14 rings (SSSR count). The molecule has 67 heavy (non-hydrogen) atoms. The van der Waals surface area contributed by atoms with Crippen molar-refractivity contribution in [2.75, 3.05) is 0 Å². The number of fused-ring (bicyclic) bond motifs is 17. The monoisotopic (exact) mass is 853 g/mol. The van der Waals surface area contributed by atoms with E-state index in [0.717, 1.165) is 60.6 Å². The molecule has 10 aromatic carbocycles. The Labute approximate surface area is 389 Å². The van der Waals surface area contributed by atoms with E-state index in [1.54, 1.807) is 0 Å². The van der Waals surface area contributed by atoms with Crippen molar-refractivity contribution in [1.29, 1.82) is 0 Å². The van der Waals surface area contributed by atoms with Crippen LogP contribution in [0.3, 0.4) is 0 Å². The third-order valence-electron chi connectivity index (χ3n) is 15.1. The van der Waals surface area contributed by atoms with Gasteiger partial charge in [0, 0.05) is 44.0 Å². The van der Waals surface area contributed by atoms with Gasteiger partial charge in [-0.1, -0.05) is 201 Å². The van der Waals surface area contributed by atoms with Crippen molar-refractivity contribution in [1.82, 2.24) is 4.98 Å². The molecule has 2 aliphatic rings. The molecule has 2 aromatic heterocycles. The molecule has 314 valence electrons. The molecule has 0 aliphatic heterocycles. The van der Waals surface area contributed by atoms with Crippen LogP contribution >= 0.6 is 0 Å². The highest BCUT2D eigenvalue weighted by Gasteiger charge is 2.52. The number of aryl methyl sites for hydroxylation is 1. The zero-order valence-electron chi connectivity index (χ0n) is 37.2. The average Bonchev–Trinajstić information content (AvgIpc) is 4.02.